The molecule has 0 spiro atoms. The molecule has 2 aromatic rings. The minimum absolute atomic E-state index is 0.0886. The number of ether oxygens (including phenoxy) is 1. The second-order valence-corrected chi connectivity index (χ2v) is 9.39. The Balaban J connectivity index is 1.62. The van der Waals surface area contributed by atoms with Crippen LogP contribution in [-0.4, -0.2) is 34.5 Å². The second-order valence-electron chi connectivity index (χ2n) is 7.62. The highest BCUT2D eigenvalue weighted by Crippen LogP contribution is 2.38. The van der Waals surface area contributed by atoms with Crippen molar-refractivity contribution in [2.45, 2.75) is 36.7 Å². The van der Waals surface area contributed by atoms with E-state index in [1.165, 1.54) is 13.2 Å². The summed E-state index contributed by atoms with van der Waals surface area (Å²) in [6.07, 6.45) is 1.56. The molecule has 2 aromatic carbocycles. The third kappa shape index (κ3) is 3.45. The monoisotopic (exact) mass is 418 g/mol. The van der Waals surface area contributed by atoms with Crippen LogP contribution in [0.2, 0.25) is 0 Å². The number of carbonyl (C=O) groups is 1. The molecule has 0 saturated carbocycles. The Kier molecular flexibility index (Phi) is 4.96. The number of rotatable bonds is 6. The van der Waals surface area contributed by atoms with E-state index in [0.29, 0.717) is 25.8 Å². The third-order valence-electron chi connectivity index (χ3n) is 5.83. The normalized spacial score (nSPS) is 17.9. The fourth-order valence-corrected chi connectivity index (χ4v) is 5.29. The molecule has 2 aliphatic heterocycles. The van der Waals surface area contributed by atoms with Gasteiger partial charge in [-0.05, 0) is 49.1 Å². The third-order valence-corrected chi connectivity index (χ3v) is 7.21. The summed E-state index contributed by atoms with van der Waals surface area (Å²) in [6.45, 7) is 2.11. The first kappa shape index (κ1) is 20.0. The molecular weight excluding hydrogens is 395 g/mol. The molecule has 154 valence electrons. The predicted molar refractivity (Wildman–Crippen MR) is 107 cm³/mol. The van der Waals surface area contributed by atoms with Gasteiger partial charge in [-0.2, -0.15) is 0 Å². The van der Waals surface area contributed by atoms with E-state index < -0.39 is 21.4 Å². The molecular formula is C21H23FN2O4S. The van der Waals surface area contributed by atoms with Crippen LogP contribution in [0.4, 0.5) is 10.1 Å². The number of carbonyl (C=O) groups excluding carboxylic acids is 1. The standard InChI is InChI=1S/C21H23FN2O4S/c1-21(28-2,17-5-3-4-6-18(17)22)13-23-29(26,27)16-11-14-7-8-19(25)24-10-9-15(12-16)20(14)24/h3-6,11-12,23H,7-10,13H2,1-2H3. The van der Waals surface area contributed by atoms with Crippen LogP contribution in [0.5, 0.6) is 0 Å². The van der Waals surface area contributed by atoms with Crippen molar-refractivity contribution in [3.05, 3.63) is 58.9 Å². The zero-order chi connectivity index (χ0) is 20.8. The van der Waals surface area contributed by atoms with Gasteiger partial charge in [-0.25, -0.2) is 17.5 Å². The molecule has 2 aliphatic rings. The van der Waals surface area contributed by atoms with Crippen molar-refractivity contribution in [2.24, 2.45) is 0 Å². The Bertz CT molecular complexity index is 1090. The van der Waals surface area contributed by atoms with Crippen molar-refractivity contribution in [3.8, 4) is 0 Å². The van der Waals surface area contributed by atoms with Crippen molar-refractivity contribution in [3.63, 3.8) is 0 Å². The maximum atomic E-state index is 14.2. The molecule has 0 aliphatic carbocycles. The lowest BCUT2D eigenvalue weighted by Crippen LogP contribution is -2.40. The largest absolute Gasteiger partial charge is 0.372 e. The number of halogens is 1. The molecule has 6 nitrogen and oxygen atoms in total. The topological polar surface area (TPSA) is 75.7 Å². The van der Waals surface area contributed by atoms with E-state index in [2.05, 4.69) is 4.72 Å². The lowest BCUT2D eigenvalue weighted by Gasteiger charge is -2.29. The zero-order valence-electron chi connectivity index (χ0n) is 16.4. The molecule has 1 N–H and O–H groups in total. The van der Waals surface area contributed by atoms with E-state index >= 15 is 0 Å². The summed E-state index contributed by atoms with van der Waals surface area (Å²) < 4.78 is 48.3. The van der Waals surface area contributed by atoms with Crippen molar-refractivity contribution < 1.29 is 22.3 Å². The fraction of sp³-hybridized carbons (Fsp3) is 0.381. The molecule has 1 atom stereocenters. The smallest absolute Gasteiger partial charge is 0.240 e. The number of sulfonamides is 1. The average Bonchev–Trinajstić information content (AvgIpc) is 3.15. The number of hydrogen-bond acceptors (Lipinski definition) is 4. The Labute approximate surface area is 169 Å². The van der Waals surface area contributed by atoms with Crippen LogP contribution in [0.1, 0.15) is 30.0 Å². The quantitative estimate of drug-likeness (QED) is 0.782. The maximum Gasteiger partial charge on any atom is 0.240 e. The molecule has 0 radical (unpaired) electrons. The Morgan fingerprint density at radius 1 is 1.17 bits per heavy atom. The van der Waals surface area contributed by atoms with Gasteiger partial charge in [0.05, 0.1) is 10.6 Å². The van der Waals surface area contributed by atoms with Gasteiger partial charge in [0.25, 0.3) is 0 Å². The first-order chi connectivity index (χ1) is 13.7. The van der Waals surface area contributed by atoms with Crippen LogP contribution in [0.3, 0.4) is 0 Å². The molecule has 0 saturated heterocycles. The van der Waals surface area contributed by atoms with Crippen molar-refractivity contribution in [2.75, 3.05) is 25.1 Å². The number of anilines is 1. The van der Waals surface area contributed by atoms with Gasteiger partial charge in [0.15, 0.2) is 0 Å². The minimum Gasteiger partial charge on any atom is -0.372 e. The molecule has 4 rings (SSSR count). The number of hydrogen-bond donors (Lipinski definition) is 1. The van der Waals surface area contributed by atoms with Crippen molar-refractivity contribution >= 4 is 21.6 Å². The molecule has 2 heterocycles. The van der Waals surface area contributed by atoms with Gasteiger partial charge in [-0.15, -0.1) is 0 Å². The number of methoxy groups -OCH3 is 1. The molecule has 1 amide bonds. The van der Waals surface area contributed by atoms with E-state index in [-0.39, 0.29) is 22.9 Å². The zero-order valence-corrected chi connectivity index (χ0v) is 17.2. The molecule has 0 fully saturated rings. The number of aryl methyl sites for hydroxylation is 1. The highest BCUT2D eigenvalue weighted by Gasteiger charge is 2.34. The Morgan fingerprint density at radius 2 is 1.86 bits per heavy atom. The van der Waals surface area contributed by atoms with Gasteiger partial charge >= 0.3 is 0 Å². The summed E-state index contributed by atoms with van der Waals surface area (Å²) in [5.41, 5.74) is 1.74. The number of nitrogens with zero attached hydrogens (tertiary/aromatic N) is 1. The van der Waals surface area contributed by atoms with Crippen LogP contribution < -0.4 is 9.62 Å². The average molecular weight is 418 g/mol. The van der Waals surface area contributed by atoms with Gasteiger partial charge in [0.2, 0.25) is 15.9 Å². The summed E-state index contributed by atoms with van der Waals surface area (Å²) in [5.74, 6) is -0.367. The summed E-state index contributed by atoms with van der Waals surface area (Å²) in [7, 11) is -2.42. The number of amides is 1. The van der Waals surface area contributed by atoms with E-state index in [0.717, 1.165) is 16.8 Å². The molecule has 29 heavy (non-hydrogen) atoms. The van der Waals surface area contributed by atoms with E-state index in [1.807, 2.05) is 0 Å². The maximum absolute atomic E-state index is 14.2. The highest BCUT2D eigenvalue weighted by atomic mass is 32.2. The lowest BCUT2D eigenvalue weighted by atomic mass is 9.95. The number of benzene rings is 2. The van der Waals surface area contributed by atoms with Gasteiger partial charge < -0.3 is 9.64 Å². The van der Waals surface area contributed by atoms with Crippen LogP contribution in [0, 0.1) is 5.82 Å². The van der Waals surface area contributed by atoms with Gasteiger partial charge in [0.1, 0.15) is 11.4 Å². The van der Waals surface area contributed by atoms with Crippen molar-refractivity contribution in [1.82, 2.24) is 4.72 Å². The Hall–Kier alpha value is -2.29. The van der Waals surface area contributed by atoms with E-state index in [9.17, 15) is 17.6 Å². The summed E-state index contributed by atoms with van der Waals surface area (Å²) >= 11 is 0. The van der Waals surface area contributed by atoms with Gasteiger partial charge in [-0.3, -0.25) is 4.79 Å². The predicted octanol–water partition coefficient (Wildman–Crippen LogP) is 2.50. The van der Waals surface area contributed by atoms with E-state index in [4.69, 9.17) is 4.74 Å². The summed E-state index contributed by atoms with van der Waals surface area (Å²) in [5, 5.41) is 0. The Morgan fingerprint density at radius 3 is 2.55 bits per heavy atom. The lowest BCUT2D eigenvalue weighted by molar-refractivity contribution is -0.118. The van der Waals surface area contributed by atoms with Gasteiger partial charge in [0, 0.05) is 32.2 Å². The summed E-state index contributed by atoms with van der Waals surface area (Å²) in [6, 6.07) is 9.43. The van der Waals surface area contributed by atoms with Crippen molar-refractivity contribution in [1.29, 1.82) is 0 Å². The molecule has 1 unspecified atom stereocenters. The van der Waals surface area contributed by atoms with Gasteiger partial charge in [-0.1, -0.05) is 18.2 Å². The first-order valence-electron chi connectivity index (χ1n) is 9.51. The number of nitrogens with one attached hydrogen (secondary N) is 1. The first-order valence-corrected chi connectivity index (χ1v) is 11.0. The van der Waals surface area contributed by atoms with Crippen LogP contribution in [-0.2, 0) is 38.0 Å². The fourth-order valence-electron chi connectivity index (χ4n) is 4.06. The van der Waals surface area contributed by atoms with Crippen LogP contribution in [0.15, 0.2) is 41.3 Å². The van der Waals surface area contributed by atoms with Crippen LogP contribution >= 0.6 is 0 Å². The van der Waals surface area contributed by atoms with E-state index in [1.54, 1.807) is 42.2 Å². The molecule has 8 heteroatoms. The highest BCUT2D eigenvalue weighted by molar-refractivity contribution is 7.89. The SMILES string of the molecule is COC(C)(CNS(=O)(=O)c1cc2c3c(c1)CCN3C(=O)CC2)c1ccccc1F. The molecule has 0 bridgehead atoms. The van der Waals surface area contributed by atoms with Crippen LogP contribution in [0.25, 0.3) is 0 Å². The summed E-state index contributed by atoms with van der Waals surface area (Å²) in [4.78, 5) is 14.0. The molecule has 0 aromatic heterocycles. The second kappa shape index (κ2) is 7.19. The minimum atomic E-state index is -3.84.